The Labute approximate surface area is 159 Å². The first kappa shape index (κ1) is 18.7. The summed E-state index contributed by atoms with van der Waals surface area (Å²) in [6.07, 6.45) is 1.30. The van der Waals surface area contributed by atoms with Crippen LogP contribution in [0.1, 0.15) is 12.5 Å². The van der Waals surface area contributed by atoms with Gasteiger partial charge in [0, 0.05) is 18.7 Å². The largest absolute Gasteiger partial charge is 0.453 e. The van der Waals surface area contributed by atoms with Crippen LogP contribution in [-0.4, -0.2) is 27.9 Å². The van der Waals surface area contributed by atoms with Crippen molar-refractivity contribution < 1.29 is 9.13 Å². The van der Waals surface area contributed by atoms with Gasteiger partial charge >= 0.3 is 0 Å². The van der Waals surface area contributed by atoms with E-state index >= 15 is 0 Å². The van der Waals surface area contributed by atoms with E-state index in [4.69, 9.17) is 4.74 Å². The molecule has 0 fully saturated rings. The molecule has 27 heavy (non-hydrogen) atoms. The average Bonchev–Trinajstić information content (AvgIpc) is 2.68. The summed E-state index contributed by atoms with van der Waals surface area (Å²) < 4.78 is 24.9. The van der Waals surface area contributed by atoms with E-state index in [-0.39, 0.29) is 22.6 Å². The summed E-state index contributed by atoms with van der Waals surface area (Å²) in [4.78, 5) is 18.4. The number of nitriles is 1. The number of nitrogens with one attached hydrogen (secondary N) is 2. The third-order valence-electron chi connectivity index (χ3n) is 3.81. The van der Waals surface area contributed by atoms with Crippen molar-refractivity contribution in [3.8, 4) is 17.6 Å². The van der Waals surface area contributed by atoms with Crippen LogP contribution in [0.4, 0.5) is 10.1 Å². The number of hydrogen-bond acceptors (Lipinski definition) is 7. The van der Waals surface area contributed by atoms with Gasteiger partial charge in [-0.2, -0.15) is 5.26 Å². The zero-order valence-electron chi connectivity index (χ0n) is 14.6. The highest BCUT2D eigenvalue weighted by Crippen LogP contribution is 2.34. The maximum absolute atomic E-state index is 14.4. The fraction of sp³-hybridized carbons (Fsp3) is 0.167. The van der Waals surface area contributed by atoms with Crippen LogP contribution >= 0.6 is 12.1 Å². The molecule has 7 nitrogen and oxygen atoms in total. The standard InChI is InChI=1S/C18H16FN5O2S/c1-3-24(2)27-23-16-7-5-14(19)17(13(16)9-20)26-11-4-6-15-12(8-11)18(25)22-10-21-15/h4-8,10,23H,3H2,1-2H3,(H,21,22,25). The quantitative estimate of drug-likeness (QED) is 0.626. The highest BCUT2D eigenvalue weighted by molar-refractivity contribution is 7.98. The van der Waals surface area contributed by atoms with E-state index in [9.17, 15) is 14.4 Å². The summed E-state index contributed by atoms with van der Waals surface area (Å²) in [7, 11) is 1.88. The zero-order chi connectivity index (χ0) is 19.4. The monoisotopic (exact) mass is 385 g/mol. The molecule has 0 aliphatic carbocycles. The molecule has 0 aliphatic rings. The number of aromatic nitrogens is 2. The van der Waals surface area contributed by atoms with Gasteiger partial charge in [0.05, 0.1) is 22.9 Å². The van der Waals surface area contributed by atoms with Crippen molar-refractivity contribution in [2.75, 3.05) is 18.3 Å². The van der Waals surface area contributed by atoms with Crippen LogP contribution in [0.3, 0.4) is 0 Å². The minimum Gasteiger partial charge on any atom is -0.453 e. The zero-order valence-corrected chi connectivity index (χ0v) is 15.4. The molecule has 3 rings (SSSR count). The number of fused-ring (bicyclic) bond motifs is 1. The number of anilines is 1. The number of hydrogen-bond donors (Lipinski definition) is 2. The Kier molecular flexibility index (Phi) is 5.59. The van der Waals surface area contributed by atoms with Gasteiger partial charge in [-0.15, -0.1) is 0 Å². The van der Waals surface area contributed by atoms with Crippen molar-refractivity contribution in [2.45, 2.75) is 6.92 Å². The minimum atomic E-state index is -0.675. The van der Waals surface area contributed by atoms with Crippen LogP contribution in [0.5, 0.6) is 11.5 Å². The summed E-state index contributed by atoms with van der Waals surface area (Å²) >= 11 is 1.28. The third kappa shape index (κ3) is 4.02. The number of ether oxygens (including phenoxy) is 1. The second kappa shape index (κ2) is 8.07. The lowest BCUT2D eigenvalue weighted by Crippen LogP contribution is -2.11. The van der Waals surface area contributed by atoms with Gasteiger partial charge in [-0.3, -0.25) is 4.79 Å². The van der Waals surface area contributed by atoms with Crippen LogP contribution < -0.4 is 15.0 Å². The van der Waals surface area contributed by atoms with Gasteiger partial charge in [-0.25, -0.2) is 13.7 Å². The molecule has 3 aromatic rings. The van der Waals surface area contributed by atoms with Crippen LogP contribution in [0.2, 0.25) is 0 Å². The van der Waals surface area contributed by atoms with E-state index in [1.807, 2.05) is 24.3 Å². The van der Waals surface area contributed by atoms with Crippen LogP contribution in [-0.2, 0) is 0 Å². The fourth-order valence-corrected chi connectivity index (χ4v) is 2.83. The maximum Gasteiger partial charge on any atom is 0.258 e. The van der Waals surface area contributed by atoms with E-state index in [1.54, 1.807) is 12.1 Å². The lowest BCUT2D eigenvalue weighted by atomic mass is 10.1. The Morgan fingerprint density at radius 1 is 1.41 bits per heavy atom. The van der Waals surface area contributed by atoms with Crippen LogP contribution in [0.15, 0.2) is 41.5 Å². The highest BCUT2D eigenvalue weighted by Gasteiger charge is 2.17. The number of aromatic amines is 1. The van der Waals surface area contributed by atoms with Crippen molar-refractivity contribution >= 4 is 28.7 Å². The summed E-state index contributed by atoms with van der Waals surface area (Å²) in [6, 6.07) is 9.30. The highest BCUT2D eigenvalue weighted by atomic mass is 32.2. The van der Waals surface area contributed by atoms with Crippen LogP contribution in [0, 0.1) is 17.1 Å². The smallest absolute Gasteiger partial charge is 0.258 e. The summed E-state index contributed by atoms with van der Waals surface area (Å²) in [5.74, 6) is -0.653. The molecule has 1 heterocycles. The Morgan fingerprint density at radius 3 is 2.96 bits per heavy atom. The Bertz CT molecular complexity index is 1080. The van der Waals surface area contributed by atoms with Crippen LogP contribution in [0.25, 0.3) is 10.9 Å². The number of nitrogens with zero attached hydrogens (tertiary/aromatic N) is 3. The second-order valence-corrected chi connectivity index (χ2v) is 6.57. The lowest BCUT2D eigenvalue weighted by Gasteiger charge is -2.16. The Hall–Kier alpha value is -3.09. The molecule has 0 saturated heterocycles. The molecular weight excluding hydrogens is 369 g/mol. The number of H-pyrrole nitrogens is 1. The van der Waals surface area contributed by atoms with Crippen molar-refractivity contribution in [1.29, 1.82) is 5.26 Å². The molecule has 0 spiro atoms. The fourth-order valence-electron chi connectivity index (χ4n) is 2.27. The summed E-state index contributed by atoms with van der Waals surface area (Å²) in [5, 5.41) is 9.82. The number of rotatable bonds is 6. The topological polar surface area (TPSA) is 94.0 Å². The molecule has 2 N–H and O–H groups in total. The molecule has 9 heteroatoms. The Morgan fingerprint density at radius 2 is 2.22 bits per heavy atom. The molecule has 0 radical (unpaired) electrons. The van der Waals surface area contributed by atoms with E-state index in [2.05, 4.69) is 14.7 Å². The van der Waals surface area contributed by atoms with Crippen molar-refractivity contribution in [3.05, 3.63) is 58.4 Å². The van der Waals surface area contributed by atoms with Gasteiger partial charge in [0.2, 0.25) is 0 Å². The van der Waals surface area contributed by atoms with Gasteiger partial charge < -0.3 is 14.4 Å². The average molecular weight is 385 g/mol. The maximum atomic E-state index is 14.4. The predicted octanol–water partition coefficient (Wildman–Crippen LogP) is 3.65. The van der Waals surface area contributed by atoms with Gasteiger partial charge in [0.15, 0.2) is 11.6 Å². The lowest BCUT2D eigenvalue weighted by molar-refractivity contribution is 0.441. The minimum absolute atomic E-state index is 0.0344. The predicted molar refractivity (Wildman–Crippen MR) is 103 cm³/mol. The van der Waals surface area contributed by atoms with E-state index < -0.39 is 5.82 Å². The molecule has 0 atom stereocenters. The number of halogens is 1. The SMILES string of the molecule is CCN(C)SNc1ccc(F)c(Oc2ccc3nc[nH]c(=O)c3c2)c1C#N. The van der Waals surface area contributed by atoms with Gasteiger partial charge in [-0.05, 0) is 37.4 Å². The molecule has 2 aromatic carbocycles. The molecule has 0 unspecified atom stereocenters. The first-order valence-electron chi connectivity index (χ1n) is 8.05. The van der Waals surface area contributed by atoms with Gasteiger partial charge in [0.25, 0.3) is 5.56 Å². The second-order valence-electron chi connectivity index (χ2n) is 5.56. The molecule has 0 aliphatic heterocycles. The summed E-state index contributed by atoms with van der Waals surface area (Å²) in [6.45, 7) is 2.76. The van der Waals surface area contributed by atoms with E-state index in [0.717, 1.165) is 6.54 Å². The number of benzene rings is 2. The Balaban J connectivity index is 1.98. The molecule has 0 bridgehead atoms. The summed E-state index contributed by atoms with van der Waals surface area (Å²) in [5.41, 5.74) is 0.619. The molecule has 1 aromatic heterocycles. The van der Waals surface area contributed by atoms with Crippen molar-refractivity contribution in [1.82, 2.24) is 14.3 Å². The molecule has 0 saturated carbocycles. The third-order valence-corrected chi connectivity index (χ3v) is 4.69. The van der Waals surface area contributed by atoms with Crippen molar-refractivity contribution in [2.24, 2.45) is 0 Å². The van der Waals surface area contributed by atoms with Gasteiger partial charge in [-0.1, -0.05) is 6.92 Å². The molecule has 0 amide bonds. The first-order chi connectivity index (χ1) is 13.0. The van der Waals surface area contributed by atoms with E-state index in [0.29, 0.717) is 16.6 Å². The van der Waals surface area contributed by atoms with E-state index in [1.165, 1.54) is 36.7 Å². The van der Waals surface area contributed by atoms with Gasteiger partial charge in [0.1, 0.15) is 17.4 Å². The normalized spacial score (nSPS) is 10.8. The van der Waals surface area contributed by atoms with Crippen molar-refractivity contribution in [3.63, 3.8) is 0 Å². The molecular formula is C18H16FN5O2S. The molecule has 138 valence electrons. The first-order valence-corrected chi connectivity index (χ1v) is 8.82.